The summed E-state index contributed by atoms with van der Waals surface area (Å²) >= 11 is 0. The van der Waals surface area contributed by atoms with Gasteiger partial charge in [0.2, 0.25) is 0 Å². The molecule has 0 aromatic heterocycles. The molecule has 1 rings (SSSR count). The van der Waals surface area contributed by atoms with Crippen LogP contribution in [0.2, 0.25) is 0 Å². The van der Waals surface area contributed by atoms with Gasteiger partial charge in [0.1, 0.15) is 6.29 Å². The topological polar surface area (TPSA) is 57.5 Å². The van der Waals surface area contributed by atoms with Crippen LogP contribution >= 0.6 is 0 Å². The van der Waals surface area contributed by atoms with Crippen molar-refractivity contribution in [2.24, 2.45) is 11.8 Å². The third kappa shape index (κ3) is 4.76. The Morgan fingerprint density at radius 3 is 2.71 bits per heavy atom. The fourth-order valence-electron chi connectivity index (χ4n) is 2.81. The van der Waals surface area contributed by atoms with Crippen molar-refractivity contribution in [2.75, 3.05) is 0 Å². The molecule has 3 heteroatoms. The van der Waals surface area contributed by atoms with Crippen LogP contribution in [0, 0.1) is 11.8 Å². The second-order valence-electron chi connectivity index (χ2n) is 5.34. The second-order valence-corrected chi connectivity index (χ2v) is 5.34. The zero-order valence-electron chi connectivity index (χ0n) is 10.8. The molecule has 0 aliphatic heterocycles. The van der Waals surface area contributed by atoms with Gasteiger partial charge in [0.05, 0.1) is 12.2 Å². The standard InChI is InChI=1S/C14H26O3/c1-2-3-4-5-12(16)7-8-13-11(10-15)6-9-14(13)17/h10-14,16-17H,2-9H2,1H3. The highest BCUT2D eigenvalue weighted by Crippen LogP contribution is 2.34. The van der Waals surface area contributed by atoms with E-state index in [2.05, 4.69) is 6.92 Å². The van der Waals surface area contributed by atoms with Gasteiger partial charge in [-0.1, -0.05) is 26.2 Å². The Kier molecular flexibility index (Phi) is 6.75. The first kappa shape index (κ1) is 14.7. The molecular weight excluding hydrogens is 216 g/mol. The molecule has 100 valence electrons. The van der Waals surface area contributed by atoms with E-state index in [0.29, 0.717) is 0 Å². The number of aliphatic hydroxyl groups is 2. The van der Waals surface area contributed by atoms with Crippen molar-refractivity contribution in [1.82, 2.24) is 0 Å². The van der Waals surface area contributed by atoms with Crippen LogP contribution in [0.25, 0.3) is 0 Å². The second kappa shape index (κ2) is 7.83. The molecule has 0 bridgehead atoms. The summed E-state index contributed by atoms with van der Waals surface area (Å²) in [5, 5.41) is 19.6. The Labute approximate surface area is 104 Å². The molecule has 0 heterocycles. The fraction of sp³-hybridized carbons (Fsp3) is 0.929. The lowest BCUT2D eigenvalue weighted by Crippen LogP contribution is -2.22. The lowest BCUT2D eigenvalue weighted by atomic mass is 9.89. The summed E-state index contributed by atoms with van der Waals surface area (Å²) < 4.78 is 0. The molecule has 1 saturated carbocycles. The van der Waals surface area contributed by atoms with E-state index in [1.54, 1.807) is 0 Å². The molecule has 4 unspecified atom stereocenters. The summed E-state index contributed by atoms with van der Waals surface area (Å²) in [6.07, 6.45) is 7.67. The third-order valence-corrected chi connectivity index (χ3v) is 3.99. The van der Waals surface area contributed by atoms with Crippen LogP contribution in [0.5, 0.6) is 0 Å². The van der Waals surface area contributed by atoms with Crippen LogP contribution in [-0.4, -0.2) is 28.7 Å². The summed E-state index contributed by atoms with van der Waals surface area (Å²) in [5.41, 5.74) is 0. The Balaban J connectivity index is 2.21. The Morgan fingerprint density at radius 2 is 2.06 bits per heavy atom. The molecule has 1 aliphatic rings. The SMILES string of the molecule is CCCCCC(O)CCC1C(O)CCC1C=O. The summed E-state index contributed by atoms with van der Waals surface area (Å²) in [6, 6.07) is 0. The van der Waals surface area contributed by atoms with Crippen molar-refractivity contribution >= 4 is 6.29 Å². The maximum absolute atomic E-state index is 10.8. The molecule has 17 heavy (non-hydrogen) atoms. The monoisotopic (exact) mass is 242 g/mol. The first-order chi connectivity index (χ1) is 8.19. The van der Waals surface area contributed by atoms with Gasteiger partial charge in [0, 0.05) is 5.92 Å². The van der Waals surface area contributed by atoms with E-state index in [4.69, 9.17) is 0 Å². The fourth-order valence-corrected chi connectivity index (χ4v) is 2.81. The number of unbranched alkanes of at least 4 members (excludes halogenated alkanes) is 2. The van der Waals surface area contributed by atoms with Crippen LogP contribution in [0.15, 0.2) is 0 Å². The van der Waals surface area contributed by atoms with Crippen molar-refractivity contribution < 1.29 is 15.0 Å². The van der Waals surface area contributed by atoms with Gasteiger partial charge in [0.15, 0.2) is 0 Å². The Morgan fingerprint density at radius 1 is 1.29 bits per heavy atom. The number of hydrogen-bond acceptors (Lipinski definition) is 3. The summed E-state index contributed by atoms with van der Waals surface area (Å²) in [4.78, 5) is 10.8. The molecule has 0 aromatic carbocycles. The molecule has 0 spiro atoms. The van der Waals surface area contributed by atoms with E-state index in [-0.39, 0.29) is 24.0 Å². The predicted molar refractivity (Wildman–Crippen MR) is 67.7 cm³/mol. The number of aliphatic hydroxyl groups excluding tert-OH is 2. The predicted octanol–water partition coefficient (Wildman–Crippen LogP) is 2.29. The van der Waals surface area contributed by atoms with Gasteiger partial charge in [-0.25, -0.2) is 0 Å². The molecule has 4 atom stereocenters. The lowest BCUT2D eigenvalue weighted by Gasteiger charge is -2.19. The van der Waals surface area contributed by atoms with Gasteiger partial charge in [-0.2, -0.15) is 0 Å². The van der Waals surface area contributed by atoms with Crippen LogP contribution in [0.1, 0.15) is 58.3 Å². The minimum absolute atomic E-state index is 0.00726. The van der Waals surface area contributed by atoms with Crippen molar-refractivity contribution in [3.05, 3.63) is 0 Å². The molecule has 0 saturated heterocycles. The van der Waals surface area contributed by atoms with E-state index in [1.165, 1.54) is 12.8 Å². The van der Waals surface area contributed by atoms with Gasteiger partial charge >= 0.3 is 0 Å². The third-order valence-electron chi connectivity index (χ3n) is 3.99. The van der Waals surface area contributed by atoms with Crippen LogP contribution in [-0.2, 0) is 4.79 Å². The van der Waals surface area contributed by atoms with E-state index in [9.17, 15) is 15.0 Å². The minimum atomic E-state index is -0.340. The Bertz CT molecular complexity index is 218. The van der Waals surface area contributed by atoms with Crippen molar-refractivity contribution in [3.8, 4) is 0 Å². The summed E-state index contributed by atoms with van der Waals surface area (Å²) in [7, 11) is 0. The first-order valence-electron chi connectivity index (χ1n) is 7.00. The molecule has 3 nitrogen and oxygen atoms in total. The van der Waals surface area contributed by atoms with Gasteiger partial charge in [-0.05, 0) is 38.0 Å². The van der Waals surface area contributed by atoms with E-state index < -0.39 is 0 Å². The molecule has 1 aliphatic carbocycles. The number of carbonyl (C=O) groups excluding carboxylic acids is 1. The molecule has 0 aromatic rings. The van der Waals surface area contributed by atoms with E-state index in [1.807, 2.05) is 0 Å². The van der Waals surface area contributed by atoms with Gasteiger partial charge < -0.3 is 15.0 Å². The van der Waals surface area contributed by atoms with E-state index >= 15 is 0 Å². The van der Waals surface area contributed by atoms with Gasteiger partial charge in [-0.15, -0.1) is 0 Å². The quantitative estimate of drug-likeness (QED) is 0.507. The van der Waals surface area contributed by atoms with Crippen molar-refractivity contribution in [1.29, 1.82) is 0 Å². The molecule has 1 fully saturated rings. The maximum atomic E-state index is 10.8. The average Bonchev–Trinajstić information content (AvgIpc) is 2.67. The van der Waals surface area contributed by atoms with Gasteiger partial charge in [-0.3, -0.25) is 0 Å². The van der Waals surface area contributed by atoms with E-state index in [0.717, 1.165) is 44.8 Å². The highest BCUT2D eigenvalue weighted by Gasteiger charge is 2.34. The normalized spacial score (nSPS) is 30.4. The average molecular weight is 242 g/mol. The smallest absolute Gasteiger partial charge is 0.123 e. The lowest BCUT2D eigenvalue weighted by molar-refractivity contribution is -0.112. The van der Waals surface area contributed by atoms with Crippen LogP contribution in [0.3, 0.4) is 0 Å². The van der Waals surface area contributed by atoms with Gasteiger partial charge in [0.25, 0.3) is 0 Å². The van der Waals surface area contributed by atoms with Crippen LogP contribution < -0.4 is 0 Å². The van der Waals surface area contributed by atoms with Crippen molar-refractivity contribution in [3.63, 3.8) is 0 Å². The minimum Gasteiger partial charge on any atom is -0.393 e. The number of carbonyl (C=O) groups is 1. The largest absolute Gasteiger partial charge is 0.393 e. The number of aldehydes is 1. The number of rotatable bonds is 8. The first-order valence-corrected chi connectivity index (χ1v) is 7.00. The summed E-state index contributed by atoms with van der Waals surface area (Å²) in [5.74, 6) is 0.0844. The zero-order chi connectivity index (χ0) is 12.7. The number of hydrogen-bond donors (Lipinski definition) is 2. The van der Waals surface area contributed by atoms with Crippen molar-refractivity contribution in [2.45, 2.75) is 70.5 Å². The molecular formula is C14H26O3. The highest BCUT2D eigenvalue weighted by molar-refractivity contribution is 5.54. The molecule has 0 radical (unpaired) electrons. The molecule has 2 N–H and O–H groups in total. The zero-order valence-corrected chi connectivity index (χ0v) is 10.8. The maximum Gasteiger partial charge on any atom is 0.123 e. The Hall–Kier alpha value is -0.410. The highest BCUT2D eigenvalue weighted by atomic mass is 16.3. The van der Waals surface area contributed by atoms with Crippen LogP contribution in [0.4, 0.5) is 0 Å². The molecule has 0 amide bonds. The summed E-state index contributed by atoms with van der Waals surface area (Å²) in [6.45, 7) is 2.15.